The van der Waals surface area contributed by atoms with Gasteiger partial charge in [-0.2, -0.15) is 0 Å². The number of halogens is 2. The monoisotopic (exact) mass is 389 g/mol. The summed E-state index contributed by atoms with van der Waals surface area (Å²) in [7, 11) is 0. The third-order valence-corrected chi connectivity index (χ3v) is 6.19. The molecule has 0 aromatic heterocycles. The molecule has 2 saturated heterocycles. The van der Waals surface area contributed by atoms with Crippen LogP contribution in [0.3, 0.4) is 0 Å². The summed E-state index contributed by atoms with van der Waals surface area (Å²) in [5.41, 5.74) is 0.223. The molecule has 4 rings (SSSR count). The molecule has 2 aromatic carbocycles. The Bertz CT molecular complexity index is 751. The summed E-state index contributed by atoms with van der Waals surface area (Å²) < 4.78 is 18.6. The second kappa shape index (κ2) is 7.78. The molecule has 2 bridgehead atoms. The molecule has 3 nitrogen and oxygen atoms in total. The van der Waals surface area contributed by atoms with Crippen LogP contribution in [0.1, 0.15) is 37.7 Å². The normalized spacial score (nSPS) is 27.7. The van der Waals surface area contributed by atoms with Crippen LogP contribution < -0.4 is 4.74 Å². The van der Waals surface area contributed by atoms with Gasteiger partial charge in [-0.25, -0.2) is 4.39 Å². The maximum absolute atomic E-state index is 12.9. The van der Waals surface area contributed by atoms with Crippen molar-refractivity contribution in [2.24, 2.45) is 0 Å². The fraction of sp³-hybridized carbons (Fsp3) is 0.455. The first kappa shape index (κ1) is 18.7. The van der Waals surface area contributed by atoms with Crippen molar-refractivity contribution in [1.29, 1.82) is 0 Å². The zero-order chi connectivity index (χ0) is 18.9. The Labute approximate surface area is 164 Å². The Hall–Kier alpha value is -1.62. The van der Waals surface area contributed by atoms with Gasteiger partial charge in [0.05, 0.1) is 12.2 Å². The molecule has 1 N–H and O–H groups in total. The molecule has 0 saturated carbocycles. The van der Waals surface area contributed by atoms with Gasteiger partial charge in [-0.05, 0) is 74.1 Å². The van der Waals surface area contributed by atoms with Crippen LogP contribution in [0.25, 0.3) is 0 Å². The van der Waals surface area contributed by atoms with E-state index in [9.17, 15) is 9.50 Å². The molecule has 0 spiro atoms. The first-order chi connectivity index (χ1) is 13.0. The third kappa shape index (κ3) is 4.13. The molecular formula is C22H25ClFNO2. The number of fused-ring (bicyclic) bond motifs is 2. The number of aliphatic hydroxyl groups is 1. The number of ether oxygens (including phenoxy) is 1. The van der Waals surface area contributed by atoms with Crippen LogP contribution in [0.15, 0.2) is 48.5 Å². The van der Waals surface area contributed by atoms with Crippen molar-refractivity contribution < 1.29 is 14.2 Å². The van der Waals surface area contributed by atoms with Gasteiger partial charge in [0, 0.05) is 23.7 Å². The van der Waals surface area contributed by atoms with Gasteiger partial charge < -0.3 is 9.84 Å². The number of piperidine rings is 1. The number of hydrogen-bond donors (Lipinski definition) is 1. The Morgan fingerprint density at radius 2 is 1.67 bits per heavy atom. The van der Waals surface area contributed by atoms with E-state index in [4.69, 9.17) is 16.3 Å². The van der Waals surface area contributed by atoms with Crippen molar-refractivity contribution in [3.8, 4) is 5.75 Å². The molecule has 0 amide bonds. The van der Waals surface area contributed by atoms with Crippen LogP contribution >= 0.6 is 11.6 Å². The summed E-state index contributed by atoms with van der Waals surface area (Å²) in [4.78, 5) is 2.54. The van der Waals surface area contributed by atoms with Gasteiger partial charge in [0.1, 0.15) is 11.6 Å². The van der Waals surface area contributed by atoms with Crippen LogP contribution in [0, 0.1) is 5.82 Å². The molecule has 27 heavy (non-hydrogen) atoms. The fourth-order valence-corrected chi connectivity index (χ4v) is 4.77. The van der Waals surface area contributed by atoms with Crippen LogP contribution in [0.4, 0.5) is 4.39 Å². The van der Waals surface area contributed by atoms with Crippen molar-refractivity contribution in [3.63, 3.8) is 0 Å². The quantitative estimate of drug-likeness (QED) is 0.723. The lowest BCUT2D eigenvalue weighted by molar-refractivity contribution is -0.0575. The summed E-state index contributed by atoms with van der Waals surface area (Å²) in [5.74, 6) is 0.454. The maximum Gasteiger partial charge on any atom is 0.123 e. The van der Waals surface area contributed by atoms with E-state index in [2.05, 4.69) is 4.90 Å². The molecule has 3 atom stereocenters. The van der Waals surface area contributed by atoms with Gasteiger partial charge >= 0.3 is 0 Å². The summed E-state index contributed by atoms with van der Waals surface area (Å²) >= 11 is 5.99. The van der Waals surface area contributed by atoms with Gasteiger partial charge in [0.15, 0.2) is 0 Å². The number of hydrogen-bond acceptors (Lipinski definition) is 3. The molecule has 2 aliphatic heterocycles. The largest absolute Gasteiger partial charge is 0.494 e. The summed E-state index contributed by atoms with van der Waals surface area (Å²) in [6, 6.07) is 14.6. The van der Waals surface area contributed by atoms with Crippen LogP contribution in [-0.2, 0) is 5.60 Å². The van der Waals surface area contributed by atoms with Crippen molar-refractivity contribution in [3.05, 3.63) is 64.9 Å². The Morgan fingerprint density at radius 3 is 2.30 bits per heavy atom. The zero-order valence-electron chi connectivity index (χ0n) is 15.3. The van der Waals surface area contributed by atoms with E-state index in [0.717, 1.165) is 44.2 Å². The van der Waals surface area contributed by atoms with Gasteiger partial charge in [0.25, 0.3) is 0 Å². The standard InChI is InChI=1S/C22H25ClFNO2/c23-17-4-2-16(3-5-17)22(26)14-19-8-9-20(15-22)25(19)12-1-13-27-21-10-6-18(24)7-11-21/h2-7,10-11,19-20,26H,1,8-9,12-15H2/t19-,20+,22?. The van der Waals surface area contributed by atoms with Crippen LogP contribution in [0.5, 0.6) is 5.75 Å². The molecular weight excluding hydrogens is 365 g/mol. The SMILES string of the molecule is OC1(c2ccc(Cl)cc2)C[C@H]2CC[C@@H](C1)N2CCCOc1ccc(F)cc1. The van der Waals surface area contributed by atoms with Crippen molar-refractivity contribution in [1.82, 2.24) is 4.90 Å². The molecule has 5 heteroatoms. The predicted molar refractivity (Wildman–Crippen MR) is 105 cm³/mol. The zero-order valence-corrected chi connectivity index (χ0v) is 16.0. The third-order valence-electron chi connectivity index (χ3n) is 5.94. The first-order valence-electron chi connectivity index (χ1n) is 9.66. The van der Waals surface area contributed by atoms with E-state index >= 15 is 0 Å². The average Bonchev–Trinajstić information content (AvgIpc) is 2.91. The number of nitrogens with zero attached hydrogens (tertiary/aromatic N) is 1. The lowest BCUT2D eigenvalue weighted by atomic mass is 9.80. The molecule has 2 aliphatic rings. The first-order valence-corrected chi connectivity index (χ1v) is 10.0. The minimum atomic E-state index is -0.752. The highest BCUT2D eigenvalue weighted by atomic mass is 35.5. The molecule has 144 valence electrons. The van der Waals surface area contributed by atoms with Crippen molar-refractivity contribution >= 4 is 11.6 Å². The summed E-state index contributed by atoms with van der Waals surface area (Å²) in [6.45, 7) is 1.58. The molecule has 2 heterocycles. The maximum atomic E-state index is 12.9. The van der Waals surface area contributed by atoms with E-state index in [0.29, 0.717) is 29.5 Å². The summed E-state index contributed by atoms with van der Waals surface area (Å²) in [5, 5.41) is 11.9. The van der Waals surface area contributed by atoms with E-state index < -0.39 is 5.60 Å². The summed E-state index contributed by atoms with van der Waals surface area (Å²) in [6.07, 6.45) is 4.73. The highest BCUT2D eigenvalue weighted by Crippen LogP contribution is 2.45. The Balaban J connectivity index is 1.31. The number of benzene rings is 2. The minimum absolute atomic E-state index is 0.250. The highest BCUT2D eigenvalue weighted by molar-refractivity contribution is 6.30. The minimum Gasteiger partial charge on any atom is -0.494 e. The van der Waals surface area contributed by atoms with E-state index in [1.54, 1.807) is 12.1 Å². The molecule has 1 unspecified atom stereocenters. The van der Waals surface area contributed by atoms with Crippen LogP contribution in [-0.4, -0.2) is 35.2 Å². The molecule has 2 fully saturated rings. The second-order valence-corrected chi connectivity index (χ2v) is 8.16. The fourth-order valence-electron chi connectivity index (χ4n) is 4.65. The predicted octanol–water partition coefficient (Wildman–Crippen LogP) is 4.76. The Kier molecular flexibility index (Phi) is 5.40. The van der Waals surface area contributed by atoms with Gasteiger partial charge in [-0.3, -0.25) is 4.90 Å². The average molecular weight is 390 g/mol. The van der Waals surface area contributed by atoms with E-state index in [1.165, 1.54) is 12.1 Å². The van der Waals surface area contributed by atoms with Gasteiger partial charge in [-0.15, -0.1) is 0 Å². The van der Waals surface area contributed by atoms with Crippen molar-refractivity contribution in [2.45, 2.75) is 49.8 Å². The Morgan fingerprint density at radius 1 is 1.04 bits per heavy atom. The molecule has 0 radical (unpaired) electrons. The lowest BCUT2D eigenvalue weighted by Crippen LogP contribution is -2.50. The van der Waals surface area contributed by atoms with Crippen LogP contribution in [0.2, 0.25) is 5.02 Å². The van der Waals surface area contributed by atoms with Crippen molar-refractivity contribution in [2.75, 3.05) is 13.2 Å². The van der Waals surface area contributed by atoms with Gasteiger partial charge in [-0.1, -0.05) is 23.7 Å². The molecule has 0 aliphatic carbocycles. The lowest BCUT2D eigenvalue weighted by Gasteiger charge is -2.44. The topological polar surface area (TPSA) is 32.7 Å². The smallest absolute Gasteiger partial charge is 0.123 e. The van der Waals surface area contributed by atoms with E-state index in [-0.39, 0.29) is 5.82 Å². The number of rotatable bonds is 6. The van der Waals surface area contributed by atoms with E-state index in [1.807, 2.05) is 24.3 Å². The highest BCUT2D eigenvalue weighted by Gasteiger charge is 2.47. The second-order valence-electron chi connectivity index (χ2n) is 7.73. The van der Waals surface area contributed by atoms with Gasteiger partial charge in [0.2, 0.25) is 0 Å². The molecule has 2 aromatic rings.